The van der Waals surface area contributed by atoms with Gasteiger partial charge < -0.3 is 10.4 Å². The highest BCUT2D eigenvalue weighted by molar-refractivity contribution is 5.79. The van der Waals surface area contributed by atoms with Gasteiger partial charge in [-0.25, -0.2) is 0 Å². The van der Waals surface area contributed by atoms with E-state index in [4.69, 9.17) is 5.11 Å². The number of carboxylic acid groups (broad SMARTS) is 1. The highest BCUT2D eigenvalue weighted by atomic mass is 16.4. The number of carboxylic acids is 1. The first-order valence-corrected chi connectivity index (χ1v) is 5.94. The average molecular weight is 244 g/mol. The molecule has 0 unspecified atom stereocenters. The molecule has 18 heavy (non-hydrogen) atoms. The second-order valence-corrected chi connectivity index (χ2v) is 4.30. The first kappa shape index (κ1) is 12.5. The van der Waals surface area contributed by atoms with Crippen molar-refractivity contribution in [1.82, 2.24) is 10.3 Å². The maximum absolute atomic E-state index is 10.4. The molecule has 4 heteroatoms. The fourth-order valence-electron chi connectivity index (χ4n) is 1.81. The summed E-state index contributed by atoms with van der Waals surface area (Å²) in [5.41, 5.74) is 3.14. The normalized spacial score (nSPS) is 10.7. The molecule has 2 N–H and O–H groups in total. The molecule has 1 heterocycles. The molecule has 0 aliphatic heterocycles. The van der Waals surface area contributed by atoms with Crippen molar-refractivity contribution in [2.75, 3.05) is 6.54 Å². The minimum Gasteiger partial charge on any atom is -0.481 e. The second-order valence-electron chi connectivity index (χ2n) is 4.30. The summed E-state index contributed by atoms with van der Waals surface area (Å²) in [6, 6.07) is 10.1. The molecule has 0 atom stereocenters. The minimum absolute atomic E-state index is 0.147. The predicted molar refractivity (Wildman–Crippen MR) is 70.4 cm³/mol. The number of hydrogen-bond acceptors (Lipinski definition) is 3. The van der Waals surface area contributed by atoms with E-state index in [-0.39, 0.29) is 6.42 Å². The Labute approximate surface area is 106 Å². The molecule has 2 aromatic rings. The summed E-state index contributed by atoms with van der Waals surface area (Å²) in [6.45, 7) is 3.14. The van der Waals surface area contributed by atoms with Gasteiger partial charge in [0, 0.05) is 24.2 Å². The van der Waals surface area contributed by atoms with Crippen LogP contribution in [0.15, 0.2) is 30.3 Å². The quantitative estimate of drug-likeness (QED) is 0.791. The SMILES string of the molecule is Cc1ccc2cc(CNCCC(=O)O)ccc2n1. The van der Waals surface area contributed by atoms with Gasteiger partial charge in [-0.05, 0) is 30.7 Å². The number of nitrogens with one attached hydrogen (secondary N) is 1. The molecule has 0 bridgehead atoms. The number of aromatic nitrogens is 1. The lowest BCUT2D eigenvalue weighted by atomic mass is 10.1. The Morgan fingerprint density at radius 2 is 2.17 bits per heavy atom. The topological polar surface area (TPSA) is 62.2 Å². The van der Waals surface area contributed by atoms with Crippen molar-refractivity contribution in [3.8, 4) is 0 Å². The Balaban J connectivity index is 2.01. The predicted octanol–water partition coefficient (Wildman–Crippen LogP) is 2.11. The maximum atomic E-state index is 10.4. The van der Waals surface area contributed by atoms with Crippen LogP contribution < -0.4 is 5.32 Å². The highest BCUT2D eigenvalue weighted by Gasteiger charge is 1.99. The van der Waals surface area contributed by atoms with Crippen molar-refractivity contribution in [2.24, 2.45) is 0 Å². The van der Waals surface area contributed by atoms with Gasteiger partial charge >= 0.3 is 5.97 Å². The standard InChI is InChI=1S/C14H16N2O2/c1-10-2-4-12-8-11(3-5-13(12)16-10)9-15-7-6-14(17)18/h2-5,8,15H,6-7,9H2,1H3,(H,17,18). The highest BCUT2D eigenvalue weighted by Crippen LogP contribution is 2.14. The van der Waals surface area contributed by atoms with E-state index >= 15 is 0 Å². The van der Waals surface area contributed by atoms with Crippen LogP contribution in [-0.2, 0) is 11.3 Å². The van der Waals surface area contributed by atoms with E-state index in [0.717, 1.165) is 22.2 Å². The van der Waals surface area contributed by atoms with Crippen LogP contribution in [0.25, 0.3) is 10.9 Å². The van der Waals surface area contributed by atoms with Crippen molar-refractivity contribution >= 4 is 16.9 Å². The van der Waals surface area contributed by atoms with Crippen LogP contribution in [-0.4, -0.2) is 22.6 Å². The zero-order valence-corrected chi connectivity index (χ0v) is 10.3. The van der Waals surface area contributed by atoms with Crippen LogP contribution in [0.3, 0.4) is 0 Å². The van der Waals surface area contributed by atoms with Crippen molar-refractivity contribution in [3.63, 3.8) is 0 Å². The smallest absolute Gasteiger partial charge is 0.304 e. The lowest BCUT2D eigenvalue weighted by Gasteiger charge is -2.05. The Hall–Kier alpha value is -1.94. The van der Waals surface area contributed by atoms with Crippen molar-refractivity contribution in [3.05, 3.63) is 41.6 Å². The summed E-state index contributed by atoms with van der Waals surface area (Å²) in [4.78, 5) is 14.8. The molecule has 0 saturated heterocycles. The summed E-state index contributed by atoms with van der Waals surface area (Å²) < 4.78 is 0. The van der Waals surface area contributed by atoms with Crippen LogP contribution in [0.5, 0.6) is 0 Å². The molecule has 94 valence electrons. The number of aryl methyl sites for hydroxylation is 1. The van der Waals surface area contributed by atoms with Crippen LogP contribution in [0.1, 0.15) is 17.7 Å². The van der Waals surface area contributed by atoms with Gasteiger partial charge in [0.15, 0.2) is 0 Å². The van der Waals surface area contributed by atoms with Gasteiger partial charge in [0.2, 0.25) is 0 Å². The third-order valence-corrected chi connectivity index (χ3v) is 2.74. The Morgan fingerprint density at radius 3 is 2.94 bits per heavy atom. The summed E-state index contributed by atoms with van der Waals surface area (Å²) in [5.74, 6) is -0.777. The molecule has 0 spiro atoms. The lowest BCUT2D eigenvalue weighted by molar-refractivity contribution is -0.136. The van der Waals surface area contributed by atoms with Gasteiger partial charge in [-0.15, -0.1) is 0 Å². The molecule has 0 radical (unpaired) electrons. The zero-order valence-electron chi connectivity index (χ0n) is 10.3. The molecule has 1 aromatic carbocycles. The average Bonchev–Trinajstić information content (AvgIpc) is 2.34. The van der Waals surface area contributed by atoms with E-state index in [2.05, 4.69) is 22.4 Å². The number of carbonyl (C=O) groups is 1. The van der Waals surface area contributed by atoms with Crippen molar-refractivity contribution < 1.29 is 9.90 Å². The van der Waals surface area contributed by atoms with E-state index in [9.17, 15) is 4.79 Å². The monoisotopic (exact) mass is 244 g/mol. The van der Waals surface area contributed by atoms with E-state index in [0.29, 0.717) is 13.1 Å². The fourth-order valence-corrected chi connectivity index (χ4v) is 1.81. The number of fused-ring (bicyclic) bond motifs is 1. The molecule has 0 aliphatic carbocycles. The zero-order chi connectivity index (χ0) is 13.0. The molecule has 1 aromatic heterocycles. The van der Waals surface area contributed by atoms with Crippen LogP contribution in [0.2, 0.25) is 0 Å². The number of nitrogens with zero attached hydrogens (tertiary/aromatic N) is 1. The fraction of sp³-hybridized carbons (Fsp3) is 0.286. The molecule has 0 amide bonds. The molecule has 2 rings (SSSR count). The first-order chi connectivity index (χ1) is 8.65. The van der Waals surface area contributed by atoms with Gasteiger partial charge in [0.25, 0.3) is 0 Å². The van der Waals surface area contributed by atoms with E-state index < -0.39 is 5.97 Å². The summed E-state index contributed by atoms with van der Waals surface area (Å²) in [7, 11) is 0. The van der Waals surface area contributed by atoms with Crippen LogP contribution in [0, 0.1) is 6.92 Å². The van der Waals surface area contributed by atoms with Crippen molar-refractivity contribution in [1.29, 1.82) is 0 Å². The van der Waals surface area contributed by atoms with Crippen LogP contribution in [0.4, 0.5) is 0 Å². The van der Waals surface area contributed by atoms with Gasteiger partial charge in [-0.2, -0.15) is 0 Å². The van der Waals surface area contributed by atoms with E-state index in [1.807, 2.05) is 25.1 Å². The van der Waals surface area contributed by atoms with Crippen molar-refractivity contribution in [2.45, 2.75) is 19.9 Å². The number of aliphatic carboxylic acids is 1. The Morgan fingerprint density at radius 1 is 1.33 bits per heavy atom. The van der Waals surface area contributed by atoms with Gasteiger partial charge in [0.1, 0.15) is 0 Å². The number of benzene rings is 1. The molecule has 0 saturated carbocycles. The summed E-state index contributed by atoms with van der Waals surface area (Å²) >= 11 is 0. The lowest BCUT2D eigenvalue weighted by Crippen LogP contribution is -2.17. The first-order valence-electron chi connectivity index (χ1n) is 5.94. The maximum Gasteiger partial charge on any atom is 0.304 e. The van der Waals surface area contributed by atoms with E-state index in [1.54, 1.807) is 0 Å². The molecular weight excluding hydrogens is 228 g/mol. The third-order valence-electron chi connectivity index (χ3n) is 2.74. The van der Waals surface area contributed by atoms with Gasteiger partial charge in [-0.3, -0.25) is 9.78 Å². The number of pyridine rings is 1. The molecule has 4 nitrogen and oxygen atoms in total. The molecule has 0 aliphatic rings. The van der Waals surface area contributed by atoms with Crippen LogP contribution >= 0.6 is 0 Å². The van der Waals surface area contributed by atoms with Gasteiger partial charge in [0.05, 0.1) is 11.9 Å². The van der Waals surface area contributed by atoms with E-state index in [1.165, 1.54) is 0 Å². The number of rotatable bonds is 5. The number of hydrogen-bond donors (Lipinski definition) is 2. The second kappa shape index (κ2) is 5.60. The summed E-state index contributed by atoms with van der Waals surface area (Å²) in [5, 5.41) is 12.7. The molecule has 0 fully saturated rings. The Bertz CT molecular complexity index is 567. The molecular formula is C14H16N2O2. The largest absolute Gasteiger partial charge is 0.481 e. The Kier molecular flexibility index (Phi) is 3.89. The minimum atomic E-state index is -0.777. The summed E-state index contributed by atoms with van der Waals surface area (Å²) in [6.07, 6.45) is 0.147. The third kappa shape index (κ3) is 3.28. The van der Waals surface area contributed by atoms with Gasteiger partial charge in [-0.1, -0.05) is 12.1 Å².